The zero-order valence-electron chi connectivity index (χ0n) is 16.4. The van der Waals surface area contributed by atoms with E-state index in [1.807, 2.05) is 61.6 Å². The summed E-state index contributed by atoms with van der Waals surface area (Å²) in [4.78, 5) is 11.9. The van der Waals surface area contributed by atoms with Crippen molar-refractivity contribution in [2.45, 2.75) is 12.8 Å². The molecule has 1 aliphatic rings. The summed E-state index contributed by atoms with van der Waals surface area (Å²) in [6.45, 7) is 2.40. The molecule has 5 nitrogen and oxygen atoms in total. The summed E-state index contributed by atoms with van der Waals surface area (Å²) in [7, 11) is 2.02. The van der Waals surface area contributed by atoms with Gasteiger partial charge in [0.25, 0.3) is 0 Å². The Labute approximate surface area is 169 Å². The summed E-state index contributed by atoms with van der Waals surface area (Å²) < 4.78 is 11.0. The Kier molecular flexibility index (Phi) is 4.28. The molecule has 0 radical (unpaired) electrons. The van der Waals surface area contributed by atoms with Crippen LogP contribution >= 0.6 is 0 Å². The van der Waals surface area contributed by atoms with Crippen LogP contribution in [0, 0.1) is 0 Å². The number of hydrogen-bond acceptors (Lipinski definition) is 5. The highest BCUT2D eigenvalue weighted by Crippen LogP contribution is 2.38. The molecule has 0 fully saturated rings. The van der Waals surface area contributed by atoms with Gasteiger partial charge in [-0.15, -0.1) is 0 Å². The Morgan fingerprint density at radius 2 is 1.62 bits per heavy atom. The normalized spacial score (nSPS) is 13.4. The standard InChI is InChI=1S/C24H21N3O2/c1-16(17-8-4-3-5-9-17)23-25-20-11-7-6-10-19(20)24(26-23)27(2)18-12-13-21-22(14-18)29-15-28-21/h3-14,16H,15H2,1-2H3. The second-order valence-corrected chi connectivity index (χ2v) is 7.15. The van der Waals surface area contributed by atoms with Crippen LogP contribution in [-0.4, -0.2) is 23.8 Å². The minimum atomic E-state index is 0.0877. The van der Waals surface area contributed by atoms with Gasteiger partial charge in [0, 0.05) is 30.1 Å². The zero-order chi connectivity index (χ0) is 19.8. The number of fused-ring (bicyclic) bond motifs is 2. The predicted octanol–water partition coefficient (Wildman–Crippen LogP) is 5.28. The molecule has 0 amide bonds. The van der Waals surface area contributed by atoms with Crippen molar-refractivity contribution in [3.8, 4) is 11.5 Å². The van der Waals surface area contributed by atoms with Crippen LogP contribution < -0.4 is 14.4 Å². The van der Waals surface area contributed by atoms with Gasteiger partial charge >= 0.3 is 0 Å². The lowest BCUT2D eigenvalue weighted by atomic mass is 10.0. The van der Waals surface area contributed by atoms with Gasteiger partial charge in [0.05, 0.1) is 5.52 Å². The molecule has 1 atom stereocenters. The van der Waals surface area contributed by atoms with Crippen molar-refractivity contribution in [1.29, 1.82) is 0 Å². The summed E-state index contributed by atoms with van der Waals surface area (Å²) in [5.74, 6) is 3.29. The quantitative estimate of drug-likeness (QED) is 0.480. The molecule has 0 spiro atoms. The Morgan fingerprint density at radius 3 is 2.48 bits per heavy atom. The van der Waals surface area contributed by atoms with E-state index < -0.39 is 0 Å². The van der Waals surface area contributed by atoms with Crippen LogP contribution in [0.1, 0.15) is 24.2 Å². The fourth-order valence-corrected chi connectivity index (χ4v) is 3.63. The van der Waals surface area contributed by atoms with E-state index in [9.17, 15) is 0 Å². The topological polar surface area (TPSA) is 47.5 Å². The number of aromatic nitrogens is 2. The second-order valence-electron chi connectivity index (χ2n) is 7.15. The van der Waals surface area contributed by atoms with E-state index in [1.54, 1.807) is 0 Å². The molecule has 5 heteroatoms. The highest BCUT2D eigenvalue weighted by molar-refractivity contribution is 5.91. The maximum atomic E-state index is 5.55. The van der Waals surface area contributed by atoms with Crippen LogP contribution in [-0.2, 0) is 0 Å². The second kappa shape index (κ2) is 7.09. The molecular formula is C24H21N3O2. The molecule has 0 saturated carbocycles. The van der Waals surface area contributed by atoms with Crippen molar-refractivity contribution >= 4 is 22.4 Å². The Balaban J connectivity index is 1.62. The highest BCUT2D eigenvalue weighted by atomic mass is 16.7. The van der Waals surface area contributed by atoms with Crippen LogP contribution in [0.2, 0.25) is 0 Å². The number of benzene rings is 3. The molecule has 1 aliphatic heterocycles. The molecular weight excluding hydrogens is 362 g/mol. The van der Waals surface area contributed by atoms with Crippen LogP contribution in [0.4, 0.5) is 11.5 Å². The fourth-order valence-electron chi connectivity index (χ4n) is 3.63. The van der Waals surface area contributed by atoms with E-state index in [-0.39, 0.29) is 12.7 Å². The van der Waals surface area contributed by atoms with Crippen LogP contribution in [0.3, 0.4) is 0 Å². The third-order valence-corrected chi connectivity index (χ3v) is 5.35. The van der Waals surface area contributed by atoms with Crippen LogP contribution in [0.5, 0.6) is 11.5 Å². The summed E-state index contributed by atoms with van der Waals surface area (Å²) in [6, 6.07) is 24.4. The molecule has 0 saturated heterocycles. The smallest absolute Gasteiger partial charge is 0.231 e. The van der Waals surface area contributed by atoms with Crippen molar-refractivity contribution in [1.82, 2.24) is 9.97 Å². The average molecular weight is 383 g/mol. The maximum absolute atomic E-state index is 5.55. The highest BCUT2D eigenvalue weighted by Gasteiger charge is 2.20. The molecule has 5 rings (SSSR count). The van der Waals surface area contributed by atoms with E-state index in [2.05, 4.69) is 30.0 Å². The third-order valence-electron chi connectivity index (χ3n) is 5.35. The van der Waals surface area contributed by atoms with E-state index >= 15 is 0 Å². The van der Waals surface area contributed by atoms with Gasteiger partial charge in [-0.2, -0.15) is 0 Å². The lowest BCUT2D eigenvalue weighted by Gasteiger charge is -2.22. The number of nitrogens with zero attached hydrogens (tertiary/aromatic N) is 3. The van der Waals surface area contributed by atoms with Crippen molar-refractivity contribution in [2.24, 2.45) is 0 Å². The van der Waals surface area contributed by atoms with E-state index in [0.717, 1.165) is 39.7 Å². The van der Waals surface area contributed by atoms with Gasteiger partial charge in [0.15, 0.2) is 11.5 Å². The number of para-hydroxylation sites is 1. The van der Waals surface area contributed by atoms with Crippen molar-refractivity contribution in [3.63, 3.8) is 0 Å². The molecule has 4 aromatic rings. The van der Waals surface area contributed by atoms with Crippen molar-refractivity contribution in [3.05, 3.63) is 84.2 Å². The third kappa shape index (κ3) is 3.14. The predicted molar refractivity (Wildman–Crippen MR) is 114 cm³/mol. The summed E-state index contributed by atoms with van der Waals surface area (Å²) >= 11 is 0. The Hall–Kier alpha value is -3.60. The molecule has 144 valence electrons. The van der Waals surface area contributed by atoms with Gasteiger partial charge in [0.1, 0.15) is 11.6 Å². The minimum Gasteiger partial charge on any atom is -0.454 e. The lowest BCUT2D eigenvalue weighted by Crippen LogP contribution is -2.14. The van der Waals surface area contributed by atoms with Gasteiger partial charge in [-0.1, -0.05) is 49.4 Å². The first-order chi connectivity index (χ1) is 14.2. The summed E-state index contributed by atoms with van der Waals surface area (Å²) in [5, 5.41) is 1.01. The first-order valence-corrected chi connectivity index (χ1v) is 9.66. The van der Waals surface area contributed by atoms with E-state index in [1.165, 1.54) is 5.56 Å². The number of ether oxygens (including phenoxy) is 2. The molecule has 0 aliphatic carbocycles. The summed E-state index contributed by atoms with van der Waals surface area (Å²) in [5.41, 5.74) is 3.11. The van der Waals surface area contributed by atoms with E-state index in [0.29, 0.717) is 0 Å². The van der Waals surface area contributed by atoms with Gasteiger partial charge < -0.3 is 14.4 Å². The Bertz CT molecular complexity index is 1180. The number of anilines is 2. The molecule has 3 aromatic carbocycles. The van der Waals surface area contributed by atoms with Gasteiger partial charge in [-0.05, 0) is 29.8 Å². The Morgan fingerprint density at radius 1 is 0.862 bits per heavy atom. The van der Waals surface area contributed by atoms with Gasteiger partial charge in [-0.3, -0.25) is 0 Å². The average Bonchev–Trinajstić information content (AvgIpc) is 3.26. The largest absolute Gasteiger partial charge is 0.454 e. The molecule has 1 unspecified atom stereocenters. The minimum absolute atomic E-state index is 0.0877. The first kappa shape index (κ1) is 17.5. The van der Waals surface area contributed by atoms with Gasteiger partial charge in [0.2, 0.25) is 6.79 Å². The zero-order valence-corrected chi connectivity index (χ0v) is 16.4. The van der Waals surface area contributed by atoms with Crippen LogP contribution in [0.25, 0.3) is 10.9 Å². The SMILES string of the molecule is CC(c1ccccc1)c1nc(N(C)c2ccc3c(c2)OCO3)c2ccccc2n1. The van der Waals surface area contributed by atoms with E-state index in [4.69, 9.17) is 19.4 Å². The lowest BCUT2D eigenvalue weighted by molar-refractivity contribution is 0.174. The summed E-state index contributed by atoms with van der Waals surface area (Å²) in [6.07, 6.45) is 0. The monoisotopic (exact) mass is 383 g/mol. The number of hydrogen-bond donors (Lipinski definition) is 0. The molecule has 29 heavy (non-hydrogen) atoms. The van der Waals surface area contributed by atoms with Crippen LogP contribution in [0.15, 0.2) is 72.8 Å². The molecule has 0 N–H and O–H groups in total. The maximum Gasteiger partial charge on any atom is 0.231 e. The molecule has 1 aromatic heterocycles. The van der Waals surface area contributed by atoms with Gasteiger partial charge in [-0.25, -0.2) is 9.97 Å². The fraction of sp³-hybridized carbons (Fsp3) is 0.167. The van der Waals surface area contributed by atoms with Crippen molar-refractivity contribution < 1.29 is 9.47 Å². The van der Waals surface area contributed by atoms with Crippen molar-refractivity contribution in [2.75, 3.05) is 18.7 Å². The first-order valence-electron chi connectivity index (χ1n) is 9.66. The molecule has 2 heterocycles. The number of rotatable bonds is 4. The molecule has 0 bridgehead atoms.